The molecule has 3 heteroatoms. The molecule has 1 aliphatic rings. The standard InChI is InChI=1S/C16H15N3/c1-12-16-5-3-2-4-13(16)7-9-19(12)15-6-8-18-14(10-15)11-17/h2-6,8,10,12H,7,9H2,1H3. The summed E-state index contributed by atoms with van der Waals surface area (Å²) >= 11 is 0. The fourth-order valence-corrected chi connectivity index (χ4v) is 2.78. The molecule has 94 valence electrons. The van der Waals surface area contributed by atoms with Crippen molar-refractivity contribution in [3.05, 3.63) is 59.4 Å². The van der Waals surface area contributed by atoms with Crippen molar-refractivity contribution in [3.8, 4) is 6.07 Å². The molecule has 3 nitrogen and oxygen atoms in total. The van der Waals surface area contributed by atoms with Gasteiger partial charge >= 0.3 is 0 Å². The highest BCUT2D eigenvalue weighted by Gasteiger charge is 2.23. The Hall–Kier alpha value is -2.34. The van der Waals surface area contributed by atoms with Gasteiger partial charge in [0.05, 0.1) is 6.04 Å². The summed E-state index contributed by atoms with van der Waals surface area (Å²) in [7, 11) is 0. The van der Waals surface area contributed by atoms with Gasteiger partial charge in [-0.1, -0.05) is 24.3 Å². The highest BCUT2D eigenvalue weighted by Crippen LogP contribution is 2.33. The topological polar surface area (TPSA) is 39.9 Å². The molecule has 0 bridgehead atoms. The van der Waals surface area contributed by atoms with E-state index in [4.69, 9.17) is 5.26 Å². The van der Waals surface area contributed by atoms with Gasteiger partial charge in [0, 0.05) is 18.4 Å². The van der Waals surface area contributed by atoms with Crippen molar-refractivity contribution in [1.82, 2.24) is 4.98 Å². The smallest absolute Gasteiger partial charge is 0.142 e. The number of rotatable bonds is 1. The van der Waals surface area contributed by atoms with Crippen LogP contribution in [0.2, 0.25) is 0 Å². The van der Waals surface area contributed by atoms with Crippen molar-refractivity contribution < 1.29 is 0 Å². The second-order valence-electron chi connectivity index (χ2n) is 4.83. The van der Waals surface area contributed by atoms with Crippen molar-refractivity contribution in [2.45, 2.75) is 19.4 Å². The lowest BCUT2D eigenvalue weighted by Gasteiger charge is -2.37. The second-order valence-corrected chi connectivity index (χ2v) is 4.83. The molecule has 1 aromatic carbocycles. The third kappa shape index (κ3) is 2.06. The number of fused-ring (bicyclic) bond motifs is 1. The van der Waals surface area contributed by atoms with E-state index in [1.807, 2.05) is 12.1 Å². The molecule has 0 saturated carbocycles. The predicted molar refractivity (Wildman–Crippen MR) is 74.9 cm³/mol. The predicted octanol–water partition coefficient (Wildman–Crippen LogP) is 3.08. The Kier molecular flexibility index (Phi) is 2.92. The van der Waals surface area contributed by atoms with E-state index < -0.39 is 0 Å². The van der Waals surface area contributed by atoms with Crippen molar-refractivity contribution in [1.29, 1.82) is 5.26 Å². The molecule has 2 aromatic rings. The quantitative estimate of drug-likeness (QED) is 0.779. The van der Waals surface area contributed by atoms with E-state index in [9.17, 15) is 0 Å². The average Bonchev–Trinajstić information content (AvgIpc) is 2.48. The van der Waals surface area contributed by atoms with E-state index in [0.717, 1.165) is 18.7 Å². The van der Waals surface area contributed by atoms with Crippen LogP contribution in [0.15, 0.2) is 42.6 Å². The highest BCUT2D eigenvalue weighted by molar-refractivity contribution is 5.53. The first-order valence-electron chi connectivity index (χ1n) is 6.50. The maximum atomic E-state index is 8.95. The van der Waals surface area contributed by atoms with Crippen LogP contribution in [0.25, 0.3) is 0 Å². The summed E-state index contributed by atoms with van der Waals surface area (Å²) in [6, 6.07) is 14.9. The largest absolute Gasteiger partial charge is 0.364 e. The minimum Gasteiger partial charge on any atom is -0.364 e. The van der Waals surface area contributed by atoms with Gasteiger partial charge in [-0.2, -0.15) is 5.26 Å². The Labute approximate surface area is 113 Å². The van der Waals surface area contributed by atoms with Gasteiger partial charge in [0.25, 0.3) is 0 Å². The fraction of sp³-hybridized carbons (Fsp3) is 0.250. The monoisotopic (exact) mass is 249 g/mol. The first kappa shape index (κ1) is 11.7. The average molecular weight is 249 g/mol. The Morgan fingerprint density at radius 1 is 1.32 bits per heavy atom. The SMILES string of the molecule is CC1c2ccccc2CCN1c1ccnc(C#N)c1. The molecule has 3 rings (SSSR count). The number of hydrogen-bond donors (Lipinski definition) is 0. The number of nitrogens with zero attached hydrogens (tertiary/aromatic N) is 3. The van der Waals surface area contributed by atoms with Crippen molar-refractivity contribution in [2.24, 2.45) is 0 Å². The number of hydrogen-bond acceptors (Lipinski definition) is 3. The zero-order valence-corrected chi connectivity index (χ0v) is 10.9. The molecular formula is C16H15N3. The van der Waals surface area contributed by atoms with Crippen LogP contribution in [-0.2, 0) is 6.42 Å². The van der Waals surface area contributed by atoms with E-state index in [0.29, 0.717) is 11.7 Å². The van der Waals surface area contributed by atoms with Crippen molar-refractivity contribution in [2.75, 3.05) is 11.4 Å². The van der Waals surface area contributed by atoms with Gasteiger partial charge in [0.1, 0.15) is 11.8 Å². The zero-order chi connectivity index (χ0) is 13.2. The molecule has 0 amide bonds. The number of aromatic nitrogens is 1. The minimum atomic E-state index is 0.332. The van der Waals surface area contributed by atoms with Crippen LogP contribution in [0, 0.1) is 11.3 Å². The lowest BCUT2D eigenvalue weighted by molar-refractivity contribution is 0.624. The summed E-state index contributed by atoms with van der Waals surface area (Å²) in [6.07, 6.45) is 2.76. The van der Waals surface area contributed by atoms with Gasteiger partial charge < -0.3 is 4.90 Å². The van der Waals surface area contributed by atoms with E-state index in [1.165, 1.54) is 11.1 Å². The molecule has 19 heavy (non-hydrogen) atoms. The Balaban J connectivity index is 1.98. The molecule has 1 unspecified atom stereocenters. The Morgan fingerprint density at radius 2 is 2.16 bits per heavy atom. The first-order chi connectivity index (χ1) is 9.29. The molecule has 1 atom stereocenters. The third-order valence-electron chi connectivity index (χ3n) is 3.78. The van der Waals surface area contributed by atoms with Crippen molar-refractivity contribution in [3.63, 3.8) is 0 Å². The van der Waals surface area contributed by atoms with Crippen LogP contribution in [0.3, 0.4) is 0 Å². The molecule has 0 spiro atoms. The van der Waals surface area contributed by atoms with Gasteiger partial charge in [0.2, 0.25) is 0 Å². The van der Waals surface area contributed by atoms with Crippen LogP contribution < -0.4 is 4.90 Å². The number of benzene rings is 1. The normalized spacial score (nSPS) is 17.7. The summed E-state index contributed by atoms with van der Waals surface area (Å²) in [5.41, 5.74) is 4.36. The molecule has 1 aliphatic heterocycles. The van der Waals surface area contributed by atoms with Gasteiger partial charge in [0.15, 0.2) is 0 Å². The van der Waals surface area contributed by atoms with Crippen LogP contribution in [0.4, 0.5) is 5.69 Å². The van der Waals surface area contributed by atoms with E-state index in [-0.39, 0.29) is 0 Å². The lowest BCUT2D eigenvalue weighted by atomic mass is 9.93. The summed E-state index contributed by atoms with van der Waals surface area (Å²) in [5, 5.41) is 8.95. The van der Waals surface area contributed by atoms with Crippen molar-refractivity contribution >= 4 is 5.69 Å². The number of pyridine rings is 1. The lowest BCUT2D eigenvalue weighted by Crippen LogP contribution is -2.33. The summed E-state index contributed by atoms with van der Waals surface area (Å²) in [5.74, 6) is 0. The number of nitriles is 1. The Morgan fingerprint density at radius 3 is 3.00 bits per heavy atom. The first-order valence-corrected chi connectivity index (χ1v) is 6.50. The molecule has 1 aromatic heterocycles. The maximum absolute atomic E-state index is 8.95. The van der Waals surface area contributed by atoms with Gasteiger partial charge in [-0.3, -0.25) is 0 Å². The van der Waals surface area contributed by atoms with E-state index in [2.05, 4.69) is 47.1 Å². The molecular weight excluding hydrogens is 234 g/mol. The zero-order valence-electron chi connectivity index (χ0n) is 10.9. The summed E-state index contributed by atoms with van der Waals surface area (Å²) in [6.45, 7) is 3.19. The van der Waals surface area contributed by atoms with Crippen LogP contribution >= 0.6 is 0 Å². The second kappa shape index (κ2) is 4.74. The Bertz CT molecular complexity index is 642. The third-order valence-corrected chi connectivity index (χ3v) is 3.78. The van der Waals surface area contributed by atoms with Crippen LogP contribution in [-0.4, -0.2) is 11.5 Å². The molecule has 0 fully saturated rings. The minimum absolute atomic E-state index is 0.332. The van der Waals surface area contributed by atoms with Gasteiger partial charge in [-0.15, -0.1) is 0 Å². The fourth-order valence-electron chi connectivity index (χ4n) is 2.78. The highest BCUT2D eigenvalue weighted by atomic mass is 15.2. The molecule has 0 radical (unpaired) electrons. The molecule has 0 aliphatic carbocycles. The summed E-state index contributed by atoms with van der Waals surface area (Å²) < 4.78 is 0. The van der Waals surface area contributed by atoms with Crippen LogP contribution in [0.1, 0.15) is 29.8 Å². The van der Waals surface area contributed by atoms with E-state index >= 15 is 0 Å². The molecule has 0 saturated heterocycles. The maximum Gasteiger partial charge on any atom is 0.142 e. The molecule has 0 N–H and O–H groups in total. The van der Waals surface area contributed by atoms with Crippen LogP contribution in [0.5, 0.6) is 0 Å². The molecule has 2 heterocycles. The number of anilines is 1. The van der Waals surface area contributed by atoms with Gasteiger partial charge in [-0.25, -0.2) is 4.98 Å². The summed E-state index contributed by atoms with van der Waals surface area (Å²) in [4.78, 5) is 6.37. The van der Waals surface area contributed by atoms with E-state index in [1.54, 1.807) is 6.20 Å². The van der Waals surface area contributed by atoms with Gasteiger partial charge in [-0.05, 0) is 36.6 Å².